The molecule has 3 aromatic rings. The van der Waals surface area contributed by atoms with Crippen LogP contribution in [0.5, 0.6) is 0 Å². The number of nitrogens with one attached hydrogen (secondary N) is 1. The molecule has 0 saturated carbocycles. The first kappa shape index (κ1) is 18.4. The quantitative estimate of drug-likeness (QED) is 0.737. The summed E-state index contributed by atoms with van der Waals surface area (Å²) >= 11 is 0. The lowest BCUT2D eigenvalue weighted by Crippen LogP contribution is -2.36. The number of carbonyl (C=O) groups is 1. The summed E-state index contributed by atoms with van der Waals surface area (Å²) in [5, 5.41) is 7.47. The molecule has 0 saturated heterocycles. The molecule has 1 N–H and O–H groups in total. The Morgan fingerprint density at radius 3 is 2.71 bits per heavy atom. The third kappa shape index (κ3) is 3.21. The molecule has 1 aromatic carbocycles. The third-order valence-electron chi connectivity index (χ3n) is 5.43. The van der Waals surface area contributed by atoms with Crippen molar-refractivity contribution in [3.63, 3.8) is 0 Å². The highest BCUT2D eigenvalue weighted by atomic mass is 16.2. The Morgan fingerprint density at radius 2 is 2.00 bits per heavy atom. The molecule has 7 heteroatoms. The van der Waals surface area contributed by atoms with Gasteiger partial charge in [0.05, 0.1) is 0 Å². The number of rotatable bonds is 5. The average Bonchev–Trinajstić information content (AvgIpc) is 3.33. The fourth-order valence-electron chi connectivity index (χ4n) is 3.68. The molecular weight excluding hydrogens is 354 g/mol. The van der Waals surface area contributed by atoms with Crippen LogP contribution >= 0.6 is 0 Å². The predicted molar refractivity (Wildman–Crippen MR) is 107 cm³/mol. The first-order chi connectivity index (χ1) is 13.5. The highest BCUT2D eigenvalue weighted by Gasteiger charge is 2.25. The molecule has 0 bridgehead atoms. The van der Waals surface area contributed by atoms with Gasteiger partial charge in [0.25, 0.3) is 5.56 Å². The minimum Gasteiger partial charge on any atom is -0.352 e. The number of hydrogen-bond acceptors (Lipinski definition) is 4. The summed E-state index contributed by atoms with van der Waals surface area (Å²) in [5.41, 5.74) is 3.55. The Hall–Kier alpha value is -2.96. The van der Waals surface area contributed by atoms with Crippen molar-refractivity contribution >= 4 is 11.7 Å². The second-order valence-corrected chi connectivity index (χ2v) is 7.56. The second kappa shape index (κ2) is 7.22. The van der Waals surface area contributed by atoms with Crippen molar-refractivity contribution in [1.82, 2.24) is 24.5 Å². The summed E-state index contributed by atoms with van der Waals surface area (Å²) in [7, 11) is 0. The van der Waals surface area contributed by atoms with Gasteiger partial charge in [-0.1, -0.05) is 36.8 Å². The summed E-state index contributed by atoms with van der Waals surface area (Å²) in [4.78, 5) is 30.1. The molecule has 1 aliphatic rings. The molecule has 1 atom stereocenters. The lowest BCUT2D eigenvalue weighted by Gasteiger charge is -2.16. The summed E-state index contributed by atoms with van der Waals surface area (Å²) in [5.74, 6) is 0.853. The molecule has 1 aliphatic carbocycles. The first-order valence-corrected chi connectivity index (χ1v) is 9.85. The van der Waals surface area contributed by atoms with E-state index in [4.69, 9.17) is 0 Å². The van der Waals surface area contributed by atoms with Gasteiger partial charge in [0, 0.05) is 22.9 Å². The normalized spacial score (nSPS) is 14.2. The Balaban J connectivity index is 1.83. The minimum absolute atomic E-state index is 0.0751. The van der Waals surface area contributed by atoms with Crippen LogP contribution in [0.2, 0.25) is 0 Å². The molecule has 1 unspecified atom stereocenters. The Bertz CT molecular complexity index is 1090. The molecule has 0 radical (unpaired) electrons. The van der Waals surface area contributed by atoms with Gasteiger partial charge < -0.3 is 9.88 Å². The van der Waals surface area contributed by atoms with E-state index in [1.807, 2.05) is 49.6 Å². The molecule has 2 heterocycles. The van der Waals surface area contributed by atoms with Crippen LogP contribution in [0.1, 0.15) is 43.5 Å². The largest absolute Gasteiger partial charge is 0.352 e. The van der Waals surface area contributed by atoms with Gasteiger partial charge in [0.2, 0.25) is 11.7 Å². The van der Waals surface area contributed by atoms with Crippen molar-refractivity contribution in [2.75, 3.05) is 0 Å². The average molecular weight is 379 g/mol. The molecule has 2 aromatic heterocycles. The molecule has 28 heavy (non-hydrogen) atoms. The SMILES string of the molecule is CCC(C)NC(=O)Cn1c2c(c(=O)n3nc(-c4ccc(C)cc4)nc13)CCC2. The van der Waals surface area contributed by atoms with E-state index < -0.39 is 0 Å². The zero-order valence-corrected chi connectivity index (χ0v) is 16.5. The van der Waals surface area contributed by atoms with E-state index in [-0.39, 0.29) is 24.1 Å². The van der Waals surface area contributed by atoms with Gasteiger partial charge in [-0.25, -0.2) is 0 Å². The van der Waals surface area contributed by atoms with Crippen molar-refractivity contribution in [2.24, 2.45) is 0 Å². The molecule has 0 spiro atoms. The van der Waals surface area contributed by atoms with E-state index in [9.17, 15) is 9.59 Å². The van der Waals surface area contributed by atoms with Gasteiger partial charge in [0.1, 0.15) is 6.54 Å². The molecule has 4 rings (SSSR count). The van der Waals surface area contributed by atoms with Gasteiger partial charge in [-0.05, 0) is 39.5 Å². The molecule has 0 aliphatic heterocycles. The van der Waals surface area contributed by atoms with Crippen LogP contribution in [-0.2, 0) is 24.2 Å². The molecular formula is C21H25N5O2. The van der Waals surface area contributed by atoms with Crippen molar-refractivity contribution in [2.45, 2.75) is 59.0 Å². The standard InChI is InChI=1S/C21H25N5O2/c1-4-14(3)22-18(27)12-25-17-7-5-6-16(17)20(28)26-21(25)23-19(24-26)15-10-8-13(2)9-11-15/h8-11,14H,4-7,12H2,1-3H3,(H,22,27). The topological polar surface area (TPSA) is 81.3 Å². The van der Waals surface area contributed by atoms with Gasteiger partial charge in [-0.15, -0.1) is 5.10 Å². The van der Waals surface area contributed by atoms with Crippen LogP contribution in [0, 0.1) is 6.92 Å². The minimum atomic E-state index is -0.119. The monoisotopic (exact) mass is 379 g/mol. The van der Waals surface area contributed by atoms with Crippen molar-refractivity contribution in [3.8, 4) is 11.4 Å². The highest BCUT2D eigenvalue weighted by Crippen LogP contribution is 2.22. The van der Waals surface area contributed by atoms with Gasteiger partial charge in [0.15, 0.2) is 5.82 Å². The highest BCUT2D eigenvalue weighted by molar-refractivity contribution is 5.76. The van der Waals surface area contributed by atoms with Gasteiger partial charge in [-0.3, -0.25) is 9.59 Å². The van der Waals surface area contributed by atoms with Crippen LogP contribution in [-0.4, -0.2) is 31.1 Å². The number of nitrogens with zero attached hydrogens (tertiary/aromatic N) is 4. The Morgan fingerprint density at radius 1 is 1.25 bits per heavy atom. The van der Waals surface area contributed by atoms with Crippen molar-refractivity contribution < 1.29 is 4.79 Å². The number of amides is 1. The van der Waals surface area contributed by atoms with E-state index in [1.165, 1.54) is 4.52 Å². The third-order valence-corrected chi connectivity index (χ3v) is 5.43. The van der Waals surface area contributed by atoms with Crippen LogP contribution in [0.4, 0.5) is 0 Å². The maximum atomic E-state index is 12.9. The van der Waals surface area contributed by atoms with Crippen molar-refractivity contribution in [3.05, 3.63) is 51.4 Å². The van der Waals surface area contributed by atoms with Crippen LogP contribution in [0.25, 0.3) is 17.2 Å². The zero-order valence-electron chi connectivity index (χ0n) is 16.5. The second-order valence-electron chi connectivity index (χ2n) is 7.56. The number of benzene rings is 1. The van der Waals surface area contributed by atoms with E-state index in [2.05, 4.69) is 15.4 Å². The summed E-state index contributed by atoms with van der Waals surface area (Å²) in [6.45, 7) is 6.18. The molecule has 1 amide bonds. The maximum absolute atomic E-state index is 12.9. The molecule has 7 nitrogen and oxygen atoms in total. The zero-order chi connectivity index (χ0) is 19.8. The number of carbonyl (C=O) groups excluding carboxylic acids is 1. The fourth-order valence-corrected chi connectivity index (χ4v) is 3.68. The summed E-state index contributed by atoms with van der Waals surface area (Å²) < 4.78 is 3.22. The molecule has 146 valence electrons. The van der Waals surface area contributed by atoms with Gasteiger partial charge in [-0.2, -0.15) is 9.50 Å². The number of aromatic nitrogens is 4. The van der Waals surface area contributed by atoms with E-state index in [1.54, 1.807) is 0 Å². The van der Waals surface area contributed by atoms with Crippen LogP contribution in [0.3, 0.4) is 0 Å². The summed E-state index contributed by atoms with van der Waals surface area (Å²) in [6.07, 6.45) is 3.28. The number of aryl methyl sites for hydroxylation is 1. The molecule has 0 fully saturated rings. The van der Waals surface area contributed by atoms with E-state index >= 15 is 0 Å². The smallest absolute Gasteiger partial charge is 0.279 e. The predicted octanol–water partition coefficient (Wildman–Crippen LogP) is 2.27. The van der Waals surface area contributed by atoms with Crippen LogP contribution < -0.4 is 10.9 Å². The Kier molecular flexibility index (Phi) is 4.75. The van der Waals surface area contributed by atoms with Crippen LogP contribution in [0.15, 0.2) is 29.1 Å². The van der Waals surface area contributed by atoms with Crippen molar-refractivity contribution in [1.29, 1.82) is 0 Å². The van der Waals surface area contributed by atoms with Gasteiger partial charge >= 0.3 is 0 Å². The summed E-state index contributed by atoms with van der Waals surface area (Å²) in [6, 6.07) is 7.99. The fraction of sp³-hybridized carbons (Fsp3) is 0.429. The maximum Gasteiger partial charge on any atom is 0.279 e. The Labute approximate surface area is 163 Å². The first-order valence-electron chi connectivity index (χ1n) is 9.85. The number of fused-ring (bicyclic) bond motifs is 2. The van der Waals surface area contributed by atoms with E-state index in [0.717, 1.165) is 48.1 Å². The lowest BCUT2D eigenvalue weighted by molar-refractivity contribution is -0.122. The lowest BCUT2D eigenvalue weighted by atomic mass is 10.1. The van der Waals surface area contributed by atoms with E-state index in [0.29, 0.717) is 11.6 Å². The number of hydrogen-bond donors (Lipinski definition) is 1.